The van der Waals surface area contributed by atoms with Crippen LogP contribution in [0.4, 0.5) is 0 Å². The van der Waals surface area contributed by atoms with Gasteiger partial charge in [-0.2, -0.15) is 0 Å². The van der Waals surface area contributed by atoms with Crippen molar-refractivity contribution in [2.24, 2.45) is 5.73 Å². The Hall–Kier alpha value is -1.50. The molecule has 0 aliphatic rings. The molecule has 3 nitrogen and oxygen atoms in total. The van der Waals surface area contributed by atoms with Crippen LogP contribution in [-0.2, 0) is 0 Å². The van der Waals surface area contributed by atoms with E-state index in [-0.39, 0.29) is 0 Å². The van der Waals surface area contributed by atoms with Gasteiger partial charge in [0.1, 0.15) is 12.4 Å². The zero-order valence-electron chi connectivity index (χ0n) is 12.7. The Balaban J connectivity index is 2.41. The molecule has 2 N–H and O–H groups in total. The van der Waals surface area contributed by atoms with E-state index in [9.17, 15) is 0 Å². The second kappa shape index (κ2) is 10.3. The molecule has 1 rings (SSSR count). The predicted molar refractivity (Wildman–Crippen MR) is 84.9 cm³/mol. The van der Waals surface area contributed by atoms with E-state index in [4.69, 9.17) is 10.5 Å². The third-order valence-electron chi connectivity index (χ3n) is 3.12. The minimum absolute atomic E-state index is 0.383. The number of likely N-dealkylation sites (N-methyl/N-ethyl adjacent to an activating group) is 1. The summed E-state index contributed by atoms with van der Waals surface area (Å²) >= 11 is 0. The number of benzene rings is 1. The van der Waals surface area contributed by atoms with Crippen molar-refractivity contribution in [1.82, 2.24) is 4.90 Å². The lowest BCUT2D eigenvalue weighted by Gasteiger charge is -2.20. The van der Waals surface area contributed by atoms with E-state index >= 15 is 0 Å². The average molecular weight is 274 g/mol. The van der Waals surface area contributed by atoms with Gasteiger partial charge in [-0.15, -0.1) is 0 Å². The van der Waals surface area contributed by atoms with Crippen molar-refractivity contribution in [3.05, 3.63) is 29.8 Å². The highest BCUT2D eigenvalue weighted by Crippen LogP contribution is 2.12. The summed E-state index contributed by atoms with van der Waals surface area (Å²) in [4.78, 5) is 2.42. The van der Waals surface area contributed by atoms with E-state index in [0.29, 0.717) is 13.2 Å². The molecule has 0 fully saturated rings. The molecule has 0 unspecified atom stereocenters. The predicted octanol–water partition coefficient (Wildman–Crippen LogP) is 2.50. The molecule has 3 heteroatoms. The Morgan fingerprint density at radius 2 is 2.10 bits per heavy atom. The van der Waals surface area contributed by atoms with Crippen LogP contribution in [0.15, 0.2) is 24.3 Å². The SMILES string of the molecule is CCCCN(CC)CCOc1cccc(C#CCN)c1. The molecule has 0 aliphatic carbocycles. The topological polar surface area (TPSA) is 38.5 Å². The van der Waals surface area contributed by atoms with Gasteiger partial charge < -0.3 is 15.4 Å². The lowest BCUT2D eigenvalue weighted by atomic mass is 10.2. The van der Waals surface area contributed by atoms with Crippen LogP contribution in [0.5, 0.6) is 5.75 Å². The monoisotopic (exact) mass is 274 g/mol. The van der Waals surface area contributed by atoms with Crippen LogP contribution < -0.4 is 10.5 Å². The molecule has 0 bridgehead atoms. The molecule has 0 aliphatic heterocycles. The Morgan fingerprint density at radius 3 is 2.80 bits per heavy atom. The molecule has 1 aromatic rings. The smallest absolute Gasteiger partial charge is 0.120 e. The van der Waals surface area contributed by atoms with Crippen molar-refractivity contribution < 1.29 is 4.74 Å². The van der Waals surface area contributed by atoms with Crippen molar-refractivity contribution >= 4 is 0 Å². The van der Waals surface area contributed by atoms with Crippen LogP contribution in [0.1, 0.15) is 32.3 Å². The summed E-state index contributed by atoms with van der Waals surface area (Å²) in [6, 6.07) is 7.86. The second-order valence-corrected chi connectivity index (χ2v) is 4.67. The van der Waals surface area contributed by atoms with E-state index < -0.39 is 0 Å². The number of ether oxygens (including phenoxy) is 1. The Labute approximate surface area is 123 Å². The van der Waals surface area contributed by atoms with Gasteiger partial charge in [-0.05, 0) is 37.7 Å². The first kappa shape index (κ1) is 16.6. The Morgan fingerprint density at radius 1 is 1.25 bits per heavy atom. The number of unbranched alkanes of at least 4 members (excludes halogenated alkanes) is 1. The van der Waals surface area contributed by atoms with Crippen molar-refractivity contribution in [2.75, 3.05) is 32.8 Å². The largest absolute Gasteiger partial charge is 0.492 e. The molecule has 1 aromatic carbocycles. The maximum absolute atomic E-state index is 5.80. The summed E-state index contributed by atoms with van der Waals surface area (Å²) in [5.41, 5.74) is 6.32. The maximum Gasteiger partial charge on any atom is 0.120 e. The standard InChI is InChI=1S/C17H26N2O/c1-3-5-12-19(4-2)13-14-20-17-10-6-8-16(15-17)9-7-11-18/h6,8,10,15H,3-5,11-14,18H2,1-2H3. The van der Waals surface area contributed by atoms with Gasteiger partial charge in [-0.25, -0.2) is 0 Å². The molecule has 0 saturated carbocycles. The minimum atomic E-state index is 0.383. The fourth-order valence-electron chi connectivity index (χ4n) is 1.92. The molecule has 0 spiro atoms. The summed E-state index contributed by atoms with van der Waals surface area (Å²) < 4.78 is 5.80. The first-order chi connectivity index (χ1) is 9.80. The third-order valence-corrected chi connectivity index (χ3v) is 3.12. The number of nitrogens with two attached hydrogens (primary N) is 1. The Bertz CT molecular complexity index is 434. The molecule has 0 radical (unpaired) electrons. The molecule has 110 valence electrons. The summed E-state index contributed by atoms with van der Waals surface area (Å²) in [5, 5.41) is 0. The van der Waals surface area contributed by atoms with Crippen LogP contribution in [0.25, 0.3) is 0 Å². The van der Waals surface area contributed by atoms with Gasteiger partial charge in [0.2, 0.25) is 0 Å². The fourth-order valence-corrected chi connectivity index (χ4v) is 1.92. The van der Waals surface area contributed by atoms with Crippen LogP contribution >= 0.6 is 0 Å². The molecular weight excluding hydrogens is 248 g/mol. The summed E-state index contributed by atoms with van der Waals surface area (Å²) in [5.74, 6) is 6.75. The number of nitrogens with zero attached hydrogens (tertiary/aromatic N) is 1. The normalized spacial score (nSPS) is 10.2. The van der Waals surface area contributed by atoms with E-state index in [1.165, 1.54) is 12.8 Å². The zero-order valence-corrected chi connectivity index (χ0v) is 12.7. The highest BCUT2D eigenvalue weighted by Gasteiger charge is 2.02. The molecule has 0 saturated heterocycles. The number of rotatable bonds is 8. The van der Waals surface area contributed by atoms with Crippen LogP contribution in [-0.4, -0.2) is 37.7 Å². The second-order valence-electron chi connectivity index (χ2n) is 4.67. The molecule has 20 heavy (non-hydrogen) atoms. The first-order valence-corrected chi connectivity index (χ1v) is 7.44. The van der Waals surface area contributed by atoms with Crippen LogP contribution in [0.2, 0.25) is 0 Å². The molecule has 0 amide bonds. The molecule has 0 atom stereocenters. The Kier molecular flexibility index (Phi) is 8.53. The van der Waals surface area contributed by atoms with Gasteiger partial charge in [0.25, 0.3) is 0 Å². The molecule has 0 heterocycles. The highest BCUT2D eigenvalue weighted by molar-refractivity contribution is 5.39. The van der Waals surface area contributed by atoms with E-state index in [1.807, 2.05) is 24.3 Å². The quantitative estimate of drug-likeness (QED) is 0.740. The highest BCUT2D eigenvalue weighted by atomic mass is 16.5. The summed E-state index contributed by atoms with van der Waals surface area (Å²) in [6.07, 6.45) is 2.48. The van der Waals surface area contributed by atoms with Crippen LogP contribution in [0, 0.1) is 11.8 Å². The third kappa shape index (κ3) is 6.60. The van der Waals surface area contributed by atoms with Crippen molar-refractivity contribution in [3.8, 4) is 17.6 Å². The fraction of sp³-hybridized carbons (Fsp3) is 0.529. The lowest BCUT2D eigenvalue weighted by Crippen LogP contribution is -2.29. The molecular formula is C17H26N2O. The van der Waals surface area contributed by atoms with E-state index in [0.717, 1.165) is 30.9 Å². The van der Waals surface area contributed by atoms with Gasteiger partial charge in [-0.1, -0.05) is 38.2 Å². The number of hydrogen-bond acceptors (Lipinski definition) is 3. The summed E-state index contributed by atoms with van der Waals surface area (Å²) in [7, 11) is 0. The minimum Gasteiger partial charge on any atom is -0.492 e. The van der Waals surface area contributed by atoms with Crippen LogP contribution in [0.3, 0.4) is 0 Å². The first-order valence-electron chi connectivity index (χ1n) is 7.44. The van der Waals surface area contributed by atoms with Gasteiger partial charge >= 0.3 is 0 Å². The van der Waals surface area contributed by atoms with Crippen molar-refractivity contribution in [2.45, 2.75) is 26.7 Å². The van der Waals surface area contributed by atoms with Gasteiger partial charge in [0.05, 0.1) is 6.54 Å². The van der Waals surface area contributed by atoms with Gasteiger partial charge in [0.15, 0.2) is 0 Å². The molecule has 0 aromatic heterocycles. The lowest BCUT2D eigenvalue weighted by molar-refractivity contribution is 0.213. The van der Waals surface area contributed by atoms with E-state index in [1.54, 1.807) is 0 Å². The van der Waals surface area contributed by atoms with Crippen molar-refractivity contribution in [3.63, 3.8) is 0 Å². The number of hydrogen-bond donors (Lipinski definition) is 1. The maximum atomic E-state index is 5.80. The van der Waals surface area contributed by atoms with Crippen molar-refractivity contribution in [1.29, 1.82) is 0 Å². The van der Waals surface area contributed by atoms with Gasteiger partial charge in [-0.3, -0.25) is 0 Å². The van der Waals surface area contributed by atoms with Gasteiger partial charge in [0, 0.05) is 12.1 Å². The zero-order chi connectivity index (χ0) is 14.6. The van der Waals surface area contributed by atoms with E-state index in [2.05, 4.69) is 30.6 Å². The summed E-state index contributed by atoms with van der Waals surface area (Å²) in [6.45, 7) is 8.70. The average Bonchev–Trinajstić information content (AvgIpc) is 2.49.